The number of hydrogen-bond donors (Lipinski definition) is 2. The fraction of sp³-hybridized carbons (Fsp3) is 0.333. The van der Waals surface area contributed by atoms with Crippen molar-refractivity contribution in [2.75, 3.05) is 13.2 Å². The van der Waals surface area contributed by atoms with E-state index in [1.807, 2.05) is 18.2 Å². The number of benzene rings is 2. The number of aliphatic hydroxyl groups is 1. The van der Waals surface area contributed by atoms with Gasteiger partial charge in [-0.2, -0.15) is 0 Å². The fourth-order valence-corrected chi connectivity index (χ4v) is 3.34. The van der Waals surface area contributed by atoms with E-state index in [2.05, 4.69) is 29.2 Å². The van der Waals surface area contributed by atoms with E-state index in [9.17, 15) is 5.11 Å². The molecule has 0 radical (unpaired) electrons. The Morgan fingerprint density at radius 3 is 2.81 bits per heavy atom. The maximum absolute atomic E-state index is 10.6. The molecule has 0 spiro atoms. The third kappa shape index (κ3) is 2.23. The zero-order valence-corrected chi connectivity index (χ0v) is 11.9. The van der Waals surface area contributed by atoms with Crippen molar-refractivity contribution in [3.8, 4) is 0 Å². The Bertz CT molecular complexity index is 771. The van der Waals surface area contributed by atoms with E-state index in [0.717, 1.165) is 36.0 Å². The minimum Gasteiger partial charge on any atom is -0.388 e. The summed E-state index contributed by atoms with van der Waals surface area (Å²) in [6.45, 7) is 1.48. The smallest absolute Gasteiger partial charge is 0.0840 e. The van der Waals surface area contributed by atoms with E-state index >= 15 is 0 Å². The van der Waals surface area contributed by atoms with E-state index < -0.39 is 6.10 Å². The zero-order valence-electron chi connectivity index (χ0n) is 11.9. The molecule has 2 N–H and O–H groups in total. The van der Waals surface area contributed by atoms with Gasteiger partial charge in [0.2, 0.25) is 0 Å². The lowest BCUT2D eigenvalue weighted by atomic mass is 9.90. The van der Waals surface area contributed by atoms with Gasteiger partial charge in [-0.15, -0.1) is 0 Å². The van der Waals surface area contributed by atoms with E-state index in [1.54, 1.807) is 0 Å². The van der Waals surface area contributed by atoms with Gasteiger partial charge in [0.1, 0.15) is 0 Å². The molecule has 2 atom stereocenters. The van der Waals surface area contributed by atoms with Crippen LogP contribution in [0.4, 0.5) is 0 Å². The highest BCUT2D eigenvalue weighted by Gasteiger charge is 2.24. The molecular formula is C18H19NO2. The highest BCUT2D eigenvalue weighted by atomic mass is 16.5. The second kappa shape index (κ2) is 5.17. The van der Waals surface area contributed by atoms with Gasteiger partial charge in [0.25, 0.3) is 0 Å². The van der Waals surface area contributed by atoms with Gasteiger partial charge in [-0.3, -0.25) is 0 Å². The summed E-state index contributed by atoms with van der Waals surface area (Å²) >= 11 is 0. The molecule has 1 fully saturated rings. The summed E-state index contributed by atoms with van der Waals surface area (Å²) in [6.07, 6.45) is 1.63. The summed E-state index contributed by atoms with van der Waals surface area (Å²) < 4.78 is 5.50. The third-order valence-corrected chi connectivity index (χ3v) is 4.51. The number of rotatable bonds is 2. The molecule has 21 heavy (non-hydrogen) atoms. The largest absolute Gasteiger partial charge is 0.388 e. The predicted octanol–water partition coefficient (Wildman–Crippen LogP) is 3.78. The summed E-state index contributed by atoms with van der Waals surface area (Å²) in [5.74, 6) is 0.210. The Hall–Kier alpha value is -1.84. The van der Waals surface area contributed by atoms with Crippen LogP contribution in [0.25, 0.3) is 21.8 Å². The van der Waals surface area contributed by atoms with Gasteiger partial charge in [-0.05, 0) is 36.6 Å². The minimum atomic E-state index is -0.441. The number of para-hydroxylation sites is 1. The Morgan fingerprint density at radius 2 is 1.95 bits per heavy atom. The van der Waals surface area contributed by atoms with E-state index in [-0.39, 0.29) is 5.92 Å². The maximum Gasteiger partial charge on any atom is 0.0840 e. The van der Waals surface area contributed by atoms with Crippen LogP contribution >= 0.6 is 0 Å². The van der Waals surface area contributed by atoms with Crippen molar-refractivity contribution in [1.82, 2.24) is 4.98 Å². The molecule has 1 saturated heterocycles. The molecule has 1 aromatic heterocycles. The van der Waals surface area contributed by atoms with Crippen molar-refractivity contribution in [2.45, 2.75) is 18.9 Å². The Morgan fingerprint density at radius 1 is 1.10 bits per heavy atom. The number of aromatic amines is 1. The molecule has 1 aliphatic rings. The summed E-state index contributed by atoms with van der Waals surface area (Å²) in [4.78, 5) is 3.42. The van der Waals surface area contributed by atoms with Crippen LogP contribution in [0.15, 0.2) is 42.5 Å². The van der Waals surface area contributed by atoms with Crippen molar-refractivity contribution in [3.63, 3.8) is 0 Å². The van der Waals surface area contributed by atoms with Gasteiger partial charge in [0, 0.05) is 34.3 Å². The molecule has 0 amide bonds. The van der Waals surface area contributed by atoms with Crippen molar-refractivity contribution < 1.29 is 9.84 Å². The SMILES string of the molecule is OC(c1ccc2[nH]c3ccccc3c2c1)C1CCCOC1. The topological polar surface area (TPSA) is 45.2 Å². The second-order valence-electron chi connectivity index (χ2n) is 5.90. The van der Waals surface area contributed by atoms with Gasteiger partial charge < -0.3 is 14.8 Å². The average molecular weight is 281 g/mol. The van der Waals surface area contributed by atoms with Crippen LogP contribution in [-0.4, -0.2) is 23.3 Å². The first-order chi connectivity index (χ1) is 10.3. The second-order valence-corrected chi connectivity index (χ2v) is 5.90. The van der Waals surface area contributed by atoms with Gasteiger partial charge in [0.05, 0.1) is 12.7 Å². The Kier molecular flexibility index (Phi) is 3.17. The number of aliphatic hydroxyl groups excluding tert-OH is 1. The van der Waals surface area contributed by atoms with Crippen LogP contribution in [0.5, 0.6) is 0 Å². The van der Waals surface area contributed by atoms with Crippen LogP contribution in [0.3, 0.4) is 0 Å². The maximum atomic E-state index is 10.6. The number of ether oxygens (including phenoxy) is 1. The predicted molar refractivity (Wildman–Crippen MR) is 84.3 cm³/mol. The first kappa shape index (κ1) is 12.9. The Labute approximate surface area is 123 Å². The minimum absolute atomic E-state index is 0.210. The van der Waals surface area contributed by atoms with E-state index in [1.165, 1.54) is 10.8 Å². The first-order valence-electron chi connectivity index (χ1n) is 7.59. The number of hydrogen-bond acceptors (Lipinski definition) is 2. The van der Waals surface area contributed by atoms with Gasteiger partial charge in [0.15, 0.2) is 0 Å². The third-order valence-electron chi connectivity index (χ3n) is 4.51. The highest BCUT2D eigenvalue weighted by molar-refractivity contribution is 6.07. The summed E-state index contributed by atoms with van der Waals surface area (Å²) in [6, 6.07) is 14.5. The molecule has 0 saturated carbocycles. The summed E-state index contributed by atoms with van der Waals surface area (Å²) in [5, 5.41) is 13.0. The average Bonchev–Trinajstić information content (AvgIpc) is 2.93. The van der Waals surface area contributed by atoms with Crippen LogP contribution in [0.1, 0.15) is 24.5 Å². The molecule has 4 rings (SSSR count). The Balaban J connectivity index is 1.76. The van der Waals surface area contributed by atoms with E-state index in [0.29, 0.717) is 6.61 Å². The molecule has 2 aromatic carbocycles. The zero-order chi connectivity index (χ0) is 14.2. The molecule has 108 valence electrons. The fourth-order valence-electron chi connectivity index (χ4n) is 3.34. The van der Waals surface area contributed by atoms with Gasteiger partial charge in [-0.1, -0.05) is 24.3 Å². The lowest BCUT2D eigenvalue weighted by Crippen LogP contribution is -2.23. The molecule has 2 heterocycles. The number of H-pyrrole nitrogens is 1. The normalized spacial score (nSPS) is 20.9. The van der Waals surface area contributed by atoms with Crippen LogP contribution < -0.4 is 0 Å². The van der Waals surface area contributed by atoms with Gasteiger partial charge in [-0.25, -0.2) is 0 Å². The number of fused-ring (bicyclic) bond motifs is 3. The van der Waals surface area contributed by atoms with Crippen molar-refractivity contribution >= 4 is 21.8 Å². The van der Waals surface area contributed by atoms with Crippen LogP contribution in [0, 0.1) is 5.92 Å². The van der Waals surface area contributed by atoms with Crippen LogP contribution in [0.2, 0.25) is 0 Å². The quantitative estimate of drug-likeness (QED) is 0.751. The molecular weight excluding hydrogens is 262 g/mol. The van der Waals surface area contributed by atoms with Crippen LogP contribution in [-0.2, 0) is 4.74 Å². The molecule has 3 aromatic rings. The van der Waals surface area contributed by atoms with Gasteiger partial charge >= 0.3 is 0 Å². The molecule has 0 bridgehead atoms. The van der Waals surface area contributed by atoms with Crippen molar-refractivity contribution in [2.24, 2.45) is 5.92 Å². The number of aromatic nitrogens is 1. The number of nitrogens with one attached hydrogen (secondary N) is 1. The highest BCUT2D eigenvalue weighted by Crippen LogP contribution is 2.32. The molecule has 3 heteroatoms. The molecule has 0 aliphatic carbocycles. The lowest BCUT2D eigenvalue weighted by Gasteiger charge is -2.27. The van der Waals surface area contributed by atoms with Crippen molar-refractivity contribution in [3.05, 3.63) is 48.0 Å². The molecule has 1 aliphatic heterocycles. The lowest BCUT2D eigenvalue weighted by molar-refractivity contribution is -0.00991. The first-order valence-corrected chi connectivity index (χ1v) is 7.59. The molecule has 3 nitrogen and oxygen atoms in total. The summed E-state index contributed by atoms with van der Waals surface area (Å²) in [5.41, 5.74) is 3.25. The monoisotopic (exact) mass is 281 g/mol. The van der Waals surface area contributed by atoms with Crippen molar-refractivity contribution in [1.29, 1.82) is 0 Å². The van der Waals surface area contributed by atoms with E-state index in [4.69, 9.17) is 4.74 Å². The molecule has 2 unspecified atom stereocenters. The summed E-state index contributed by atoms with van der Waals surface area (Å²) in [7, 11) is 0. The standard InChI is InChI=1S/C18H19NO2/c20-18(13-4-3-9-21-11-13)12-7-8-17-15(10-12)14-5-1-2-6-16(14)19-17/h1-2,5-8,10,13,18-20H,3-4,9,11H2.